The number of nitrogens with one attached hydrogen (secondary N) is 2. The van der Waals surface area contributed by atoms with Crippen LogP contribution in [-0.2, 0) is 6.42 Å². The van der Waals surface area contributed by atoms with Gasteiger partial charge in [-0.05, 0) is 42.9 Å². The van der Waals surface area contributed by atoms with E-state index in [0.29, 0.717) is 19.0 Å². The number of rotatable bonds is 8. The van der Waals surface area contributed by atoms with Crippen LogP contribution >= 0.6 is 0 Å². The van der Waals surface area contributed by atoms with Crippen molar-refractivity contribution in [1.29, 1.82) is 0 Å². The molecule has 1 atom stereocenters. The van der Waals surface area contributed by atoms with Crippen molar-refractivity contribution >= 4 is 6.03 Å². The third-order valence-corrected chi connectivity index (χ3v) is 4.35. The van der Waals surface area contributed by atoms with E-state index in [9.17, 15) is 4.79 Å². The third-order valence-electron chi connectivity index (χ3n) is 4.35. The van der Waals surface area contributed by atoms with E-state index in [0.717, 1.165) is 24.2 Å². The van der Waals surface area contributed by atoms with Gasteiger partial charge in [0.2, 0.25) is 0 Å². The number of carbonyl (C=O) groups excluding carboxylic acids is 1. The molecule has 4 nitrogen and oxygen atoms in total. The van der Waals surface area contributed by atoms with Crippen LogP contribution in [-0.4, -0.2) is 26.2 Å². The van der Waals surface area contributed by atoms with Gasteiger partial charge in [-0.15, -0.1) is 0 Å². The first-order chi connectivity index (χ1) is 12.1. The minimum absolute atomic E-state index is 0.119. The normalized spacial score (nSPS) is 11.6. The lowest BCUT2D eigenvalue weighted by atomic mass is 9.98. The maximum absolute atomic E-state index is 11.9. The molecule has 0 saturated carbocycles. The number of benzene rings is 2. The van der Waals surface area contributed by atoms with Crippen molar-refractivity contribution in [3.63, 3.8) is 0 Å². The summed E-state index contributed by atoms with van der Waals surface area (Å²) in [7, 11) is 1.67. The maximum Gasteiger partial charge on any atom is 0.314 e. The first-order valence-electron chi connectivity index (χ1n) is 8.80. The van der Waals surface area contributed by atoms with E-state index in [4.69, 9.17) is 4.74 Å². The number of hydrogen-bond donors (Lipinski definition) is 2. The number of urea groups is 1. The number of carbonyl (C=O) groups is 1. The average molecular weight is 340 g/mol. The van der Waals surface area contributed by atoms with E-state index in [1.54, 1.807) is 7.11 Å². The summed E-state index contributed by atoms with van der Waals surface area (Å²) < 4.78 is 5.36. The second kappa shape index (κ2) is 9.72. The van der Waals surface area contributed by atoms with E-state index in [-0.39, 0.29) is 6.03 Å². The Labute approximate surface area is 150 Å². The van der Waals surface area contributed by atoms with E-state index < -0.39 is 0 Å². The molecule has 2 amide bonds. The molecule has 2 N–H and O–H groups in total. The summed E-state index contributed by atoms with van der Waals surface area (Å²) in [4.78, 5) is 11.9. The molecule has 0 heterocycles. The van der Waals surface area contributed by atoms with Gasteiger partial charge >= 0.3 is 6.03 Å². The minimum Gasteiger partial charge on any atom is -0.496 e. The second-order valence-electron chi connectivity index (χ2n) is 6.35. The zero-order valence-electron chi connectivity index (χ0n) is 15.3. The summed E-state index contributed by atoms with van der Waals surface area (Å²) in [6.07, 6.45) is 1.67. The average Bonchev–Trinajstić information content (AvgIpc) is 2.62. The van der Waals surface area contributed by atoms with E-state index in [1.165, 1.54) is 11.1 Å². The first-order valence-corrected chi connectivity index (χ1v) is 8.80. The van der Waals surface area contributed by atoms with Gasteiger partial charge in [-0.3, -0.25) is 0 Å². The molecule has 2 rings (SSSR count). The molecule has 0 saturated heterocycles. The summed E-state index contributed by atoms with van der Waals surface area (Å²) in [6, 6.07) is 16.3. The fourth-order valence-corrected chi connectivity index (χ4v) is 2.83. The molecule has 0 aliphatic carbocycles. The lowest BCUT2D eigenvalue weighted by Gasteiger charge is -2.13. The van der Waals surface area contributed by atoms with Crippen LogP contribution in [0.2, 0.25) is 0 Å². The van der Waals surface area contributed by atoms with E-state index in [2.05, 4.69) is 42.7 Å². The molecule has 4 heteroatoms. The molecular weight excluding hydrogens is 312 g/mol. The molecule has 0 fully saturated rings. The Morgan fingerprint density at radius 1 is 1.08 bits per heavy atom. The predicted molar refractivity (Wildman–Crippen MR) is 102 cm³/mol. The van der Waals surface area contributed by atoms with Crippen molar-refractivity contribution < 1.29 is 9.53 Å². The second-order valence-corrected chi connectivity index (χ2v) is 6.35. The molecule has 134 valence electrons. The van der Waals surface area contributed by atoms with Crippen LogP contribution in [0.25, 0.3) is 0 Å². The fraction of sp³-hybridized carbons (Fsp3) is 0.381. The monoisotopic (exact) mass is 340 g/mol. The van der Waals surface area contributed by atoms with Gasteiger partial charge in [-0.2, -0.15) is 0 Å². The highest BCUT2D eigenvalue weighted by Gasteiger charge is 2.07. The summed E-state index contributed by atoms with van der Waals surface area (Å²) in [6.45, 7) is 5.48. The van der Waals surface area contributed by atoms with Gasteiger partial charge in [0.1, 0.15) is 5.75 Å². The molecule has 25 heavy (non-hydrogen) atoms. The molecule has 0 aromatic heterocycles. The van der Waals surface area contributed by atoms with Gasteiger partial charge in [0.25, 0.3) is 0 Å². The van der Waals surface area contributed by atoms with Gasteiger partial charge in [-0.1, -0.05) is 55.0 Å². The van der Waals surface area contributed by atoms with Crippen LogP contribution < -0.4 is 15.4 Å². The Morgan fingerprint density at radius 2 is 1.80 bits per heavy atom. The van der Waals surface area contributed by atoms with Crippen molar-refractivity contribution in [2.24, 2.45) is 0 Å². The highest BCUT2D eigenvalue weighted by Crippen LogP contribution is 2.20. The standard InChI is InChI=1S/C21H28N2O2/c1-16-9-10-20(25-3)19(15-16)12-14-23-21(24)22-13-11-17(2)18-7-5-4-6-8-18/h4-10,15,17H,11-14H2,1-3H3,(H2,22,23,24). The Bertz CT molecular complexity index is 671. The summed E-state index contributed by atoms with van der Waals surface area (Å²) >= 11 is 0. The van der Waals surface area contributed by atoms with E-state index >= 15 is 0 Å². The van der Waals surface area contributed by atoms with Crippen LogP contribution in [0.1, 0.15) is 36.0 Å². The van der Waals surface area contributed by atoms with Crippen LogP contribution in [0, 0.1) is 6.92 Å². The van der Waals surface area contributed by atoms with Crippen molar-refractivity contribution in [1.82, 2.24) is 10.6 Å². The number of hydrogen-bond acceptors (Lipinski definition) is 2. The van der Waals surface area contributed by atoms with Gasteiger partial charge in [0.05, 0.1) is 7.11 Å². The Morgan fingerprint density at radius 3 is 2.52 bits per heavy atom. The van der Waals surface area contributed by atoms with Crippen LogP contribution in [0.5, 0.6) is 5.75 Å². The minimum atomic E-state index is -0.119. The molecule has 0 spiro atoms. The predicted octanol–water partition coefficient (Wildman–Crippen LogP) is 4.04. The summed E-state index contributed by atoms with van der Waals surface area (Å²) in [5, 5.41) is 5.84. The van der Waals surface area contributed by atoms with Gasteiger partial charge in [0.15, 0.2) is 0 Å². The summed E-state index contributed by atoms with van der Waals surface area (Å²) in [5.74, 6) is 1.29. The summed E-state index contributed by atoms with van der Waals surface area (Å²) in [5.41, 5.74) is 3.60. The van der Waals surface area contributed by atoms with E-state index in [1.807, 2.05) is 30.3 Å². The van der Waals surface area contributed by atoms with Crippen LogP contribution in [0.4, 0.5) is 4.79 Å². The zero-order valence-corrected chi connectivity index (χ0v) is 15.3. The zero-order chi connectivity index (χ0) is 18.1. The quantitative estimate of drug-likeness (QED) is 0.762. The largest absolute Gasteiger partial charge is 0.496 e. The number of ether oxygens (including phenoxy) is 1. The number of methoxy groups -OCH3 is 1. The molecule has 0 aliphatic heterocycles. The Balaban J connectivity index is 1.68. The molecule has 1 unspecified atom stereocenters. The fourth-order valence-electron chi connectivity index (χ4n) is 2.83. The van der Waals surface area contributed by atoms with Crippen molar-refractivity contribution in [3.05, 3.63) is 65.2 Å². The van der Waals surface area contributed by atoms with Crippen molar-refractivity contribution in [2.75, 3.05) is 20.2 Å². The lowest BCUT2D eigenvalue weighted by molar-refractivity contribution is 0.240. The Kier molecular flexibility index (Phi) is 7.33. The first kappa shape index (κ1) is 18.8. The SMILES string of the molecule is COc1ccc(C)cc1CCNC(=O)NCCC(C)c1ccccc1. The Hall–Kier alpha value is -2.49. The number of amides is 2. The van der Waals surface area contributed by atoms with Crippen LogP contribution in [0.15, 0.2) is 48.5 Å². The molecular formula is C21H28N2O2. The molecule has 0 aliphatic rings. The molecule has 0 radical (unpaired) electrons. The van der Waals surface area contributed by atoms with Crippen LogP contribution in [0.3, 0.4) is 0 Å². The van der Waals surface area contributed by atoms with Crippen molar-refractivity contribution in [2.45, 2.75) is 32.6 Å². The lowest BCUT2D eigenvalue weighted by Crippen LogP contribution is -2.37. The topological polar surface area (TPSA) is 50.4 Å². The van der Waals surface area contributed by atoms with Gasteiger partial charge < -0.3 is 15.4 Å². The smallest absolute Gasteiger partial charge is 0.314 e. The molecule has 2 aromatic rings. The highest BCUT2D eigenvalue weighted by molar-refractivity contribution is 5.73. The third kappa shape index (κ3) is 6.14. The molecule has 0 bridgehead atoms. The van der Waals surface area contributed by atoms with Gasteiger partial charge in [0, 0.05) is 13.1 Å². The molecule has 2 aromatic carbocycles. The highest BCUT2D eigenvalue weighted by atomic mass is 16.5. The van der Waals surface area contributed by atoms with Crippen molar-refractivity contribution in [3.8, 4) is 5.75 Å². The van der Waals surface area contributed by atoms with Gasteiger partial charge in [-0.25, -0.2) is 4.79 Å². The number of aryl methyl sites for hydroxylation is 1. The maximum atomic E-state index is 11.9.